The maximum absolute atomic E-state index is 11.1. The van der Waals surface area contributed by atoms with Crippen LogP contribution in [0.3, 0.4) is 0 Å². The molecule has 1 N–H and O–H groups in total. The fourth-order valence-corrected chi connectivity index (χ4v) is 4.01. The molecule has 1 aliphatic heterocycles. The molecular formula is C12H23NO2S. The number of hydrogen-bond donors (Lipinski definition) is 1. The molecule has 0 spiro atoms. The SMILES string of the molecule is CS(=O)(=O)CCCC1(C2CCCC2)CNC1. The summed E-state index contributed by atoms with van der Waals surface area (Å²) in [6.07, 6.45) is 8.75. The molecule has 1 aliphatic carbocycles. The fourth-order valence-electron chi connectivity index (χ4n) is 3.34. The predicted molar refractivity (Wildman–Crippen MR) is 66.2 cm³/mol. The molecule has 4 heteroatoms. The Labute approximate surface area is 98.9 Å². The van der Waals surface area contributed by atoms with Gasteiger partial charge in [0, 0.05) is 25.1 Å². The van der Waals surface area contributed by atoms with E-state index in [0.29, 0.717) is 11.2 Å². The molecule has 0 amide bonds. The minimum Gasteiger partial charge on any atom is -0.316 e. The predicted octanol–water partition coefficient (Wildman–Crippen LogP) is 1.59. The quantitative estimate of drug-likeness (QED) is 0.800. The zero-order valence-corrected chi connectivity index (χ0v) is 11.0. The van der Waals surface area contributed by atoms with Crippen LogP contribution in [-0.4, -0.2) is 33.5 Å². The van der Waals surface area contributed by atoms with E-state index in [4.69, 9.17) is 0 Å². The average molecular weight is 245 g/mol. The van der Waals surface area contributed by atoms with Crippen molar-refractivity contribution < 1.29 is 8.42 Å². The van der Waals surface area contributed by atoms with Crippen LogP contribution >= 0.6 is 0 Å². The van der Waals surface area contributed by atoms with Crippen LogP contribution in [0.15, 0.2) is 0 Å². The molecule has 1 saturated carbocycles. The lowest BCUT2D eigenvalue weighted by Gasteiger charge is -2.47. The van der Waals surface area contributed by atoms with Gasteiger partial charge in [-0.15, -0.1) is 0 Å². The van der Waals surface area contributed by atoms with Crippen molar-refractivity contribution >= 4 is 9.84 Å². The molecule has 3 nitrogen and oxygen atoms in total. The van der Waals surface area contributed by atoms with Crippen LogP contribution in [-0.2, 0) is 9.84 Å². The molecule has 2 aliphatic rings. The summed E-state index contributed by atoms with van der Waals surface area (Å²) in [4.78, 5) is 0. The second kappa shape index (κ2) is 4.65. The molecule has 0 aromatic carbocycles. The highest BCUT2D eigenvalue weighted by atomic mass is 32.2. The summed E-state index contributed by atoms with van der Waals surface area (Å²) in [5, 5.41) is 3.38. The largest absolute Gasteiger partial charge is 0.316 e. The molecule has 0 aromatic rings. The lowest BCUT2D eigenvalue weighted by molar-refractivity contribution is 0.0693. The number of nitrogens with one attached hydrogen (secondary N) is 1. The molecule has 2 rings (SSSR count). The Morgan fingerprint density at radius 1 is 1.25 bits per heavy atom. The third-order valence-corrected chi connectivity index (χ3v) is 5.40. The van der Waals surface area contributed by atoms with Crippen LogP contribution < -0.4 is 5.32 Å². The Kier molecular flexibility index (Phi) is 3.59. The van der Waals surface area contributed by atoms with Gasteiger partial charge in [-0.1, -0.05) is 12.8 Å². The maximum Gasteiger partial charge on any atom is 0.147 e. The van der Waals surface area contributed by atoms with Gasteiger partial charge in [-0.25, -0.2) is 8.42 Å². The fraction of sp³-hybridized carbons (Fsp3) is 1.00. The van der Waals surface area contributed by atoms with E-state index in [1.54, 1.807) is 0 Å². The number of hydrogen-bond acceptors (Lipinski definition) is 3. The van der Waals surface area contributed by atoms with Gasteiger partial charge in [0.2, 0.25) is 0 Å². The molecule has 2 fully saturated rings. The topological polar surface area (TPSA) is 46.2 Å². The monoisotopic (exact) mass is 245 g/mol. The third-order valence-electron chi connectivity index (χ3n) is 4.37. The van der Waals surface area contributed by atoms with Crippen molar-refractivity contribution in [1.29, 1.82) is 0 Å². The van der Waals surface area contributed by atoms with E-state index in [2.05, 4.69) is 5.32 Å². The van der Waals surface area contributed by atoms with E-state index in [1.165, 1.54) is 31.9 Å². The van der Waals surface area contributed by atoms with Crippen LogP contribution in [0.2, 0.25) is 0 Å². The summed E-state index contributed by atoms with van der Waals surface area (Å²) in [6, 6.07) is 0. The Bertz CT molecular complexity index is 327. The van der Waals surface area contributed by atoms with E-state index in [1.807, 2.05) is 0 Å². The summed E-state index contributed by atoms with van der Waals surface area (Å²) in [5.74, 6) is 1.22. The van der Waals surface area contributed by atoms with Crippen LogP contribution in [0.1, 0.15) is 38.5 Å². The minimum absolute atomic E-state index is 0.363. The summed E-state index contributed by atoms with van der Waals surface area (Å²) in [5.41, 5.74) is 0.446. The summed E-state index contributed by atoms with van der Waals surface area (Å²) in [6.45, 7) is 2.23. The van der Waals surface area contributed by atoms with Crippen molar-refractivity contribution in [1.82, 2.24) is 5.32 Å². The van der Waals surface area contributed by atoms with Crippen LogP contribution in [0, 0.1) is 11.3 Å². The van der Waals surface area contributed by atoms with E-state index in [0.717, 1.165) is 31.8 Å². The van der Waals surface area contributed by atoms with Gasteiger partial charge in [-0.3, -0.25) is 0 Å². The second-order valence-electron chi connectivity index (χ2n) is 5.68. The number of rotatable bonds is 5. The van der Waals surface area contributed by atoms with Crippen LogP contribution in [0.25, 0.3) is 0 Å². The first-order valence-corrected chi connectivity index (χ1v) is 8.46. The Balaban J connectivity index is 1.85. The molecule has 0 radical (unpaired) electrons. The molecule has 16 heavy (non-hydrogen) atoms. The van der Waals surface area contributed by atoms with Crippen molar-refractivity contribution in [2.24, 2.45) is 11.3 Å². The standard InChI is InChI=1S/C12H23NO2S/c1-16(14,15)8-4-7-12(9-13-10-12)11-5-2-3-6-11/h11,13H,2-10H2,1H3. The van der Waals surface area contributed by atoms with Gasteiger partial charge >= 0.3 is 0 Å². The molecule has 1 heterocycles. The highest BCUT2D eigenvalue weighted by Gasteiger charge is 2.44. The zero-order chi connectivity index (χ0) is 11.6. The van der Waals surface area contributed by atoms with Crippen molar-refractivity contribution in [3.63, 3.8) is 0 Å². The van der Waals surface area contributed by atoms with Gasteiger partial charge < -0.3 is 5.32 Å². The smallest absolute Gasteiger partial charge is 0.147 e. The molecule has 1 saturated heterocycles. The molecule has 94 valence electrons. The van der Waals surface area contributed by atoms with Gasteiger partial charge in [-0.05, 0) is 37.0 Å². The van der Waals surface area contributed by atoms with E-state index in [-0.39, 0.29) is 0 Å². The molecular weight excluding hydrogens is 222 g/mol. The van der Waals surface area contributed by atoms with E-state index in [9.17, 15) is 8.42 Å². The normalized spacial score (nSPS) is 25.6. The first kappa shape index (κ1) is 12.4. The lowest BCUT2D eigenvalue weighted by atomic mass is 9.67. The summed E-state index contributed by atoms with van der Waals surface area (Å²) in [7, 11) is -2.77. The highest BCUT2D eigenvalue weighted by Crippen LogP contribution is 2.45. The maximum atomic E-state index is 11.1. The van der Waals surface area contributed by atoms with Crippen LogP contribution in [0.5, 0.6) is 0 Å². The lowest BCUT2D eigenvalue weighted by Crippen LogP contribution is -2.57. The highest BCUT2D eigenvalue weighted by molar-refractivity contribution is 7.90. The number of sulfone groups is 1. The van der Waals surface area contributed by atoms with Gasteiger partial charge in [-0.2, -0.15) is 0 Å². The molecule has 0 bridgehead atoms. The van der Waals surface area contributed by atoms with Crippen molar-refractivity contribution in [3.05, 3.63) is 0 Å². The average Bonchev–Trinajstić information content (AvgIpc) is 2.60. The first-order chi connectivity index (χ1) is 7.52. The first-order valence-electron chi connectivity index (χ1n) is 6.40. The van der Waals surface area contributed by atoms with Gasteiger partial charge in [0.05, 0.1) is 0 Å². The molecule has 0 atom stereocenters. The van der Waals surface area contributed by atoms with E-state index >= 15 is 0 Å². The van der Waals surface area contributed by atoms with Gasteiger partial charge in [0.15, 0.2) is 0 Å². The van der Waals surface area contributed by atoms with Gasteiger partial charge in [0.25, 0.3) is 0 Å². The Hall–Kier alpha value is -0.0900. The van der Waals surface area contributed by atoms with Gasteiger partial charge in [0.1, 0.15) is 9.84 Å². The van der Waals surface area contributed by atoms with Crippen molar-refractivity contribution in [2.45, 2.75) is 38.5 Å². The van der Waals surface area contributed by atoms with Crippen LogP contribution in [0.4, 0.5) is 0 Å². The second-order valence-corrected chi connectivity index (χ2v) is 7.94. The third kappa shape index (κ3) is 2.77. The molecule has 0 unspecified atom stereocenters. The van der Waals surface area contributed by atoms with Crippen molar-refractivity contribution in [2.75, 3.05) is 25.1 Å². The molecule has 0 aromatic heterocycles. The zero-order valence-electron chi connectivity index (χ0n) is 10.2. The Morgan fingerprint density at radius 2 is 1.88 bits per heavy atom. The summed E-state index contributed by atoms with van der Waals surface area (Å²) >= 11 is 0. The Morgan fingerprint density at radius 3 is 2.31 bits per heavy atom. The van der Waals surface area contributed by atoms with E-state index < -0.39 is 9.84 Å². The van der Waals surface area contributed by atoms with Crippen molar-refractivity contribution in [3.8, 4) is 0 Å². The minimum atomic E-state index is -2.77. The summed E-state index contributed by atoms with van der Waals surface area (Å²) < 4.78 is 22.3.